The van der Waals surface area contributed by atoms with E-state index in [4.69, 9.17) is 0 Å². The molecule has 0 unspecified atom stereocenters. The van der Waals surface area contributed by atoms with Gasteiger partial charge in [0.15, 0.2) is 0 Å². The van der Waals surface area contributed by atoms with Crippen molar-refractivity contribution >= 4 is 17.7 Å². The molecule has 0 aliphatic carbocycles. The van der Waals surface area contributed by atoms with Gasteiger partial charge in [0.1, 0.15) is 0 Å². The zero-order chi connectivity index (χ0) is 7.23. The summed E-state index contributed by atoms with van der Waals surface area (Å²) in [6.45, 7) is 0.650. The molecule has 1 N–H and O–H groups in total. The molecule has 1 aromatic rings. The van der Waals surface area contributed by atoms with Crippen LogP contribution in [0.15, 0.2) is 18.6 Å². The Hall–Kier alpha value is -1.03. The first-order chi connectivity index (χ1) is 4.93. The van der Waals surface area contributed by atoms with Gasteiger partial charge in [0.05, 0.1) is 23.9 Å². The number of nitrogens with one attached hydrogen (secondary N) is 1. The average Bonchev–Trinajstić information content (AvgIpc) is 2.03. The lowest BCUT2D eigenvalue weighted by Crippen LogP contribution is -2.09. The monoisotopic (exact) mass is 153 g/mol. The van der Waals surface area contributed by atoms with E-state index in [1.54, 1.807) is 18.6 Å². The van der Waals surface area contributed by atoms with Crippen molar-refractivity contribution in [3.8, 4) is 0 Å². The van der Waals surface area contributed by atoms with Crippen molar-refractivity contribution in [3.63, 3.8) is 0 Å². The number of aromatic nitrogens is 2. The fourth-order valence-corrected chi connectivity index (χ4v) is 0.651. The predicted octanol–water partition coefficient (Wildman–Crippen LogP) is 0.523. The Morgan fingerprint density at radius 2 is 2.50 bits per heavy atom. The molecule has 1 aromatic heterocycles. The maximum atomic E-state index is 4.57. The minimum Gasteiger partial charge on any atom is -0.376 e. The van der Waals surface area contributed by atoms with Crippen molar-refractivity contribution in [3.05, 3.63) is 24.3 Å². The van der Waals surface area contributed by atoms with Gasteiger partial charge >= 0.3 is 0 Å². The fraction of sp³-hybridized carbons (Fsp3) is 0.167. The van der Waals surface area contributed by atoms with E-state index in [2.05, 4.69) is 27.5 Å². The number of hydrogen-bond donors (Lipinski definition) is 1. The van der Waals surface area contributed by atoms with Crippen LogP contribution < -0.4 is 5.32 Å². The molecule has 1 rings (SSSR count). The van der Waals surface area contributed by atoms with Gasteiger partial charge in [0.25, 0.3) is 0 Å². The van der Waals surface area contributed by atoms with E-state index in [0.717, 1.165) is 5.69 Å². The van der Waals surface area contributed by atoms with Gasteiger partial charge in [-0.3, -0.25) is 9.97 Å². The quantitative estimate of drug-likeness (QED) is 0.642. The van der Waals surface area contributed by atoms with Crippen LogP contribution in [-0.4, -0.2) is 15.5 Å². The van der Waals surface area contributed by atoms with Crippen molar-refractivity contribution in [2.24, 2.45) is 0 Å². The molecular formula is C6H7N3S. The zero-order valence-electron chi connectivity index (χ0n) is 5.32. The number of thiocarbonyl (C=S) groups is 1. The molecule has 0 bridgehead atoms. The summed E-state index contributed by atoms with van der Waals surface area (Å²) in [6.07, 6.45) is 4.99. The molecule has 4 heteroatoms. The molecule has 0 aromatic carbocycles. The van der Waals surface area contributed by atoms with E-state index in [1.165, 1.54) is 5.49 Å². The van der Waals surface area contributed by atoms with E-state index in [0.29, 0.717) is 6.54 Å². The summed E-state index contributed by atoms with van der Waals surface area (Å²) in [5.74, 6) is 0. The summed E-state index contributed by atoms with van der Waals surface area (Å²) in [4.78, 5) is 7.91. The third-order valence-corrected chi connectivity index (χ3v) is 1.15. The molecule has 10 heavy (non-hydrogen) atoms. The first-order valence-corrected chi connectivity index (χ1v) is 3.32. The molecular weight excluding hydrogens is 146 g/mol. The van der Waals surface area contributed by atoms with E-state index < -0.39 is 0 Å². The lowest BCUT2D eigenvalue weighted by Gasteiger charge is -1.95. The highest BCUT2D eigenvalue weighted by Crippen LogP contribution is 1.86. The summed E-state index contributed by atoms with van der Waals surface area (Å²) in [6, 6.07) is 0. The molecule has 0 aliphatic rings. The van der Waals surface area contributed by atoms with Gasteiger partial charge in [-0.2, -0.15) is 0 Å². The molecule has 0 atom stereocenters. The van der Waals surface area contributed by atoms with Gasteiger partial charge in [-0.25, -0.2) is 0 Å². The molecule has 3 nitrogen and oxygen atoms in total. The summed E-state index contributed by atoms with van der Waals surface area (Å²) in [5, 5.41) is 2.85. The largest absolute Gasteiger partial charge is 0.376 e. The SMILES string of the molecule is S=CNCc1cnccn1. The third-order valence-electron chi connectivity index (χ3n) is 0.983. The van der Waals surface area contributed by atoms with Crippen LogP contribution in [0.5, 0.6) is 0 Å². The van der Waals surface area contributed by atoms with Gasteiger partial charge < -0.3 is 5.32 Å². The van der Waals surface area contributed by atoms with Crippen molar-refractivity contribution in [1.29, 1.82) is 0 Å². The Bertz CT molecular complexity index is 199. The lowest BCUT2D eigenvalue weighted by molar-refractivity contribution is 0.882. The zero-order valence-corrected chi connectivity index (χ0v) is 6.14. The van der Waals surface area contributed by atoms with Crippen LogP contribution in [0.2, 0.25) is 0 Å². The van der Waals surface area contributed by atoms with Crippen LogP contribution in [0.25, 0.3) is 0 Å². The first-order valence-electron chi connectivity index (χ1n) is 2.85. The van der Waals surface area contributed by atoms with Crippen LogP contribution in [0.1, 0.15) is 5.69 Å². The Morgan fingerprint density at radius 1 is 1.60 bits per heavy atom. The maximum absolute atomic E-state index is 4.57. The second-order valence-electron chi connectivity index (χ2n) is 1.70. The summed E-state index contributed by atoms with van der Waals surface area (Å²) in [7, 11) is 0. The second-order valence-corrected chi connectivity index (χ2v) is 1.93. The first kappa shape index (κ1) is 7.08. The molecule has 0 amide bonds. The second kappa shape index (κ2) is 3.90. The molecule has 0 saturated heterocycles. The van der Waals surface area contributed by atoms with Crippen molar-refractivity contribution < 1.29 is 0 Å². The molecule has 52 valence electrons. The fourth-order valence-electron chi connectivity index (χ4n) is 0.567. The Labute approximate surface area is 64.5 Å². The predicted molar refractivity (Wildman–Crippen MR) is 42.5 cm³/mol. The molecule has 0 fully saturated rings. The number of hydrogen-bond acceptors (Lipinski definition) is 3. The summed E-state index contributed by atoms with van der Waals surface area (Å²) >= 11 is 4.57. The maximum Gasteiger partial charge on any atom is 0.0777 e. The number of nitrogens with zero attached hydrogens (tertiary/aromatic N) is 2. The van der Waals surface area contributed by atoms with Crippen LogP contribution in [0.3, 0.4) is 0 Å². The van der Waals surface area contributed by atoms with Gasteiger partial charge in [-0.15, -0.1) is 0 Å². The minimum atomic E-state index is 0.650. The Morgan fingerprint density at radius 3 is 3.10 bits per heavy atom. The molecule has 0 radical (unpaired) electrons. The van der Waals surface area contributed by atoms with Crippen LogP contribution in [-0.2, 0) is 6.54 Å². The molecule has 0 saturated carbocycles. The average molecular weight is 153 g/mol. The van der Waals surface area contributed by atoms with Crippen LogP contribution in [0, 0.1) is 0 Å². The highest BCUT2D eigenvalue weighted by atomic mass is 32.1. The highest BCUT2D eigenvalue weighted by molar-refractivity contribution is 7.78. The van der Waals surface area contributed by atoms with E-state index in [-0.39, 0.29) is 0 Å². The standard InChI is InChI=1S/C6H7N3S/c10-5-8-4-6-3-7-1-2-9-6/h1-3,5H,4H2,(H,8,10). The minimum absolute atomic E-state index is 0.650. The van der Waals surface area contributed by atoms with Gasteiger partial charge in [-0.1, -0.05) is 12.2 Å². The van der Waals surface area contributed by atoms with Crippen LogP contribution >= 0.6 is 12.2 Å². The van der Waals surface area contributed by atoms with Crippen LogP contribution in [0.4, 0.5) is 0 Å². The molecule has 0 spiro atoms. The topological polar surface area (TPSA) is 37.8 Å². The summed E-state index contributed by atoms with van der Waals surface area (Å²) in [5.41, 5.74) is 2.36. The van der Waals surface area contributed by atoms with Crippen molar-refractivity contribution in [2.75, 3.05) is 0 Å². The van der Waals surface area contributed by atoms with E-state index in [9.17, 15) is 0 Å². The molecule has 0 aliphatic heterocycles. The Kier molecular flexibility index (Phi) is 2.76. The highest BCUT2D eigenvalue weighted by Gasteiger charge is 1.87. The lowest BCUT2D eigenvalue weighted by atomic mass is 10.4. The van der Waals surface area contributed by atoms with Gasteiger partial charge in [0.2, 0.25) is 0 Å². The third kappa shape index (κ3) is 2.06. The van der Waals surface area contributed by atoms with Gasteiger partial charge in [-0.05, 0) is 0 Å². The van der Waals surface area contributed by atoms with Crippen molar-refractivity contribution in [1.82, 2.24) is 15.3 Å². The number of rotatable bonds is 3. The van der Waals surface area contributed by atoms with E-state index in [1.807, 2.05) is 0 Å². The molecule has 1 heterocycles. The normalized spacial score (nSPS) is 8.80. The summed E-state index contributed by atoms with van der Waals surface area (Å²) < 4.78 is 0. The van der Waals surface area contributed by atoms with E-state index >= 15 is 0 Å². The smallest absolute Gasteiger partial charge is 0.0777 e. The van der Waals surface area contributed by atoms with Gasteiger partial charge in [0, 0.05) is 12.4 Å². The van der Waals surface area contributed by atoms with Crippen molar-refractivity contribution in [2.45, 2.75) is 6.54 Å². The Balaban J connectivity index is 2.50.